The first-order chi connectivity index (χ1) is 7.77. The van der Waals surface area contributed by atoms with Gasteiger partial charge in [-0.15, -0.1) is 0 Å². The molecule has 0 radical (unpaired) electrons. The van der Waals surface area contributed by atoms with Crippen molar-refractivity contribution in [3.63, 3.8) is 0 Å². The molecule has 0 aliphatic carbocycles. The van der Waals surface area contributed by atoms with Gasteiger partial charge in [-0.2, -0.15) is 0 Å². The third kappa shape index (κ3) is 18.4. The fraction of sp³-hybridized carbons (Fsp3) is 0.786. The molecule has 0 saturated carbocycles. The summed E-state index contributed by atoms with van der Waals surface area (Å²) in [6.07, 6.45) is 15.4. The zero-order valence-electron chi connectivity index (χ0n) is 10.6. The summed E-state index contributed by atoms with van der Waals surface area (Å²) in [4.78, 5) is 10.3. The van der Waals surface area contributed by atoms with Crippen LogP contribution in [0.2, 0.25) is 0 Å². The van der Waals surface area contributed by atoms with Gasteiger partial charge in [0, 0.05) is 6.42 Å². The summed E-state index contributed by atoms with van der Waals surface area (Å²) < 4.78 is 0. The van der Waals surface area contributed by atoms with Crippen molar-refractivity contribution in [3.8, 4) is 0 Å². The molecule has 0 amide bonds. The summed E-state index contributed by atoms with van der Waals surface area (Å²) in [6.45, 7) is 2.21. The van der Waals surface area contributed by atoms with Gasteiger partial charge in [0.05, 0.1) is 0 Å². The molecule has 17 heavy (non-hydrogen) atoms. The minimum absolute atomic E-state index is 0. The number of unbranched alkanes of at least 4 members (excludes halogenated alkanes) is 7. The standard InChI is InChI=1S/C14H26O2.Ga.3H/c1-2-3-4-5-6-7-8-9-10-11-12-13-14(15)16;;;;/h5-6H,2-4,7-13H2,1H3,(H,15,16);;;;. The molecular formula is C14H29GaO2. The molecule has 100 valence electrons. The summed E-state index contributed by atoms with van der Waals surface area (Å²) in [5, 5.41) is 8.45. The molecule has 0 aromatic heterocycles. The Labute approximate surface area is 119 Å². The van der Waals surface area contributed by atoms with Crippen LogP contribution in [-0.4, -0.2) is 30.9 Å². The van der Waals surface area contributed by atoms with E-state index >= 15 is 0 Å². The molecule has 0 heterocycles. The Bertz CT molecular complexity index is 191. The first-order valence-corrected chi connectivity index (χ1v) is 6.64. The molecule has 0 spiro atoms. The fourth-order valence-corrected chi connectivity index (χ4v) is 1.63. The number of allylic oxidation sites excluding steroid dienone is 2. The molecule has 3 heteroatoms. The fourth-order valence-electron chi connectivity index (χ4n) is 1.63. The number of rotatable bonds is 11. The van der Waals surface area contributed by atoms with Crippen molar-refractivity contribution < 1.29 is 9.90 Å². The van der Waals surface area contributed by atoms with Gasteiger partial charge >= 0.3 is 25.8 Å². The van der Waals surface area contributed by atoms with Gasteiger partial charge in [-0.25, -0.2) is 0 Å². The summed E-state index contributed by atoms with van der Waals surface area (Å²) >= 11 is 0. The molecular weight excluding hydrogens is 270 g/mol. The van der Waals surface area contributed by atoms with Crippen LogP contribution in [0, 0.1) is 0 Å². The summed E-state index contributed by atoms with van der Waals surface area (Å²) in [7, 11) is 0. The summed E-state index contributed by atoms with van der Waals surface area (Å²) in [5.74, 6) is -0.668. The van der Waals surface area contributed by atoms with E-state index in [1.807, 2.05) is 0 Å². The Balaban J connectivity index is 0. The molecule has 0 aliphatic heterocycles. The normalized spacial score (nSPS) is 10.4. The van der Waals surface area contributed by atoms with Gasteiger partial charge in [-0.3, -0.25) is 4.79 Å². The van der Waals surface area contributed by atoms with E-state index in [2.05, 4.69) is 19.1 Å². The van der Waals surface area contributed by atoms with E-state index in [9.17, 15) is 4.79 Å². The van der Waals surface area contributed by atoms with E-state index in [4.69, 9.17) is 5.11 Å². The van der Waals surface area contributed by atoms with Crippen molar-refractivity contribution in [2.45, 2.75) is 71.1 Å². The van der Waals surface area contributed by atoms with Gasteiger partial charge < -0.3 is 5.11 Å². The number of carboxylic acids is 1. The van der Waals surface area contributed by atoms with Crippen LogP contribution in [0.5, 0.6) is 0 Å². The third-order valence-electron chi connectivity index (χ3n) is 2.65. The van der Waals surface area contributed by atoms with E-state index in [1.165, 1.54) is 44.9 Å². The van der Waals surface area contributed by atoms with Crippen molar-refractivity contribution in [2.24, 2.45) is 0 Å². The second-order valence-electron chi connectivity index (χ2n) is 4.31. The Kier molecular flexibility index (Phi) is 17.9. The van der Waals surface area contributed by atoms with Crippen molar-refractivity contribution in [1.29, 1.82) is 0 Å². The molecule has 0 rings (SSSR count). The van der Waals surface area contributed by atoms with E-state index in [-0.39, 0.29) is 19.8 Å². The van der Waals surface area contributed by atoms with Gasteiger partial charge in [0.1, 0.15) is 0 Å². The van der Waals surface area contributed by atoms with Crippen LogP contribution in [0.3, 0.4) is 0 Å². The Morgan fingerprint density at radius 2 is 1.47 bits per heavy atom. The maximum atomic E-state index is 10.3. The SMILES string of the molecule is CCCCC=CCCCCCCCC(=O)O.[GaH3]. The molecule has 0 atom stereocenters. The van der Waals surface area contributed by atoms with Gasteiger partial charge in [-0.1, -0.05) is 51.2 Å². The van der Waals surface area contributed by atoms with Crippen LogP contribution in [0.15, 0.2) is 12.2 Å². The Morgan fingerprint density at radius 1 is 0.941 bits per heavy atom. The van der Waals surface area contributed by atoms with Crippen molar-refractivity contribution in [3.05, 3.63) is 12.2 Å². The number of carbonyl (C=O) groups is 1. The van der Waals surface area contributed by atoms with Crippen LogP contribution < -0.4 is 0 Å². The number of carboxylic acid groups (broad SMARTS) is 1. The molecule has 0 aromatic carbocycles. The van der Waals surface area contributed by atoms with Crippen LogP contribution >= 0.6 is 0 Å². The number of hydrogen-bond acceptors (Lipinski definition) is 1. The number of hydrogen-bond donors (Lipinski definition) is 1. The van der Waals surface area contributed by atoms with Crippen LogP contribution in [-0.2, 0) is 4.79 Å². The molecule has 0 unspecified atom stereocenters. The van der Waals surface area contributed by atoms with E-state index < -0.39 is 5.97 Å². The second-order valence-corrected chi connectivity index (χ2v) is 4.31. The summed E-state index contributed by atoms with van der Waals surface area (Å²) in [6, 6.07) is 0. The first-order valence-electron chi connectivity index (χ1n) is 6.64. The minimum atomic E-state index is -0.668. The predicted octanol–water partition coefficient (Wildman–Crippen LogP) is 3.36. The molecule has 1 N–H and O–H groups in total. The van der Waals surface area contributed by atoms with Gasteiger partial charge in [0.15, 0.2) is 0 Å². The van der Waals surface area contributed by atoms with Crippen molar-refractivity contribution in [2.75, 3.05) is 0 Å². The van der Waals surface area contributed by atoms with Gasteiger partial charge in [0.25, 0.3) is 0 Å². The molecule has 0 saturated heterocycles. The van der Waals surface area contributed by atoms with Crippen molar-refractivity contribution in [1.82, 2.24) is 0 Å². The predicted molar refractivity (Wildman–Crippen MR) is 78.6 cm³/mol. The summed E-state index contributed by atoms with van der Waals surface area (Å²) in [5.41, 5.74) is 0. The molecule has 2 nitrogen and oxygen atoms in total. The average Bonchev–Trinajstić information content (AvgIpc) is 2.25. The maximum absolute atomic E-state index is 10.3. The Hall–Kier alpha value is -0.154. The van der Waals surface area contributed by atoms with E-state index in [0.29, 0.717) is 6.42 Å². The third-order valence-corrected chi connectivity index (χ3v) is 2.65. The molecule has 0 fully saturated rings. The van der Waals surface area contributed by atoms with Crippen LogP contribution in [0.25, 0.3) is 0 Å². The monoisotopic (exact) mass is 298 g/mol. The average molecular weight is 299 g/mol. The topological polar surface area (TPSA) is 37.3 Å². The Morgan fingerprint density at radius 3 is 2.06 bits per heavy atom. The van der Waals surface area contributed by atoms with Crippen LogP contribution in [0.1, 0.15) is 71.1 Å². The van der Waals surface area contributed by atoms with Gasteiger partial charge in [0.2, 0.25) is 0 Å². The number of aliphatic carboxylic acids is 1. The van der Waals surface area contributed by atoms with E-state index in [0.717, 1.165) is 12.8 Å². The van der Waals surface area contributed by atoms with E-state index in [1.54, 1.807) is 0 Å². The molecule has 0 aromatic rings. The van der Waals surface area contributed by atoms with Gasteiger partial charge in [-0.05, 0) is 25.7 Å². The van der Waals surface area contributed by atoms with Crippen molar-refractivity contribution >= 4 is 25.8 Å². The first kappa shape index (κ1) is 19.2. The molecule has 0 bridgehead atoms. The second kappa shape index (κ2) is 15.8. The molecule has 0 aliphatic rings. The zero-order valence-corrected chi connectivity index (χ0v) is 10.6. The van der Waals surface area contributed by atoms with Crippen LogP contribution in [0.4, 0.5) is 0 Å². The quantitative estimate of drug-likeness (QED) is 0.361. The zero-order chi connectivity index (χ0) is 12.1.